The topological polar surface area (TPSA) is 53.8 Å². The van der Waals surface area contributed by atoms with Crippen LogP contribution in [0.3, 0.4) is 0 Å². The second-order valence-corrected chi connectivity index (χ2v) is 7.75. The summed E-state index contributed by atoms with van der Waals surface area (Å²) in [5.74, 6) is 0. The van der Waals surface area contributed by atoms with Crippen LogP contribution in [-0.4, -0.2) is 50.3 Å². The van der Waals surface area contributed by atoms with E-state index < -0.39 is 10.0 Å². The number of likely N-dealkylation sites (N-methyl/N-ethyl adjacent to an activating group) is 1. The Balaban J connectivity index is 2.06. The van der Waals surface area contributed by atoms with Gasteiger partial charge in [0, 0.05) is 24.5 Å². The summed E-state index contributed by atoms with van der Waals surface area (Å²) in [7, 11) is -1.51. The highest BCUT2D eigenvalue weighted by atomic mass is 32.2. The van der Waals surface area contributed by atoms with Crippen molar-refractivity contribution in [2.75, 3.05) is 26.7 Å². The molecule has 2 aromatic rings. The molecule has 1 fully saturated rings. The van der Waals surface area contributed by atoms with Crippen LogP contribution in [0.25, 0.3) is 11.0 Å². The summed E-state index contributed by atoms with van der Waals surface area (Å²) >= 11 is 0. The van der Waals surface area contributed by atoms with Crippen molar-refractivity contribution < 1.29 is 12.8 Å². The zero-order chi connectivity index (χ0) is 15.7. The van der Waals surface area contributed by atoms with Crippen molar-refractivity contribution >= 4 is 21.0 Å². The monoisotopic (exact) mass is 322 g/mol. The highest BCUT2D eigenvalue weighted by Gasteiger charge is 2.34. The first-order valence-corrected chi connectivity index (χ1v) is 9.14. The van der Waals surface area contributed by atoms with Crippen molar-refractivity contribution in [2.24, 2.45) is 0 Å². The number of furan rings is 1. The molecule has 0 unspecified atom stereocenters. The predicted octanol–water partition coefficient (Wildman–Crippen LogP) is 2.54. The smallest absolute Gasteiger partial charge is 0.247 e. The minimum absolute atomic E-state index is 0.00252. The van der Waals surface area contributed by atoms with Crippen LogP contribution in [0.4, 0.5) is 0 Å². The van der Waals surface area contributed by atoms with Crippen LogP contribution in [0.2, 0.25) is 0 Å². The molecule has 1 atom stereocenters. The molecular formula is C16H22N2O3S. The van der Waals surface area contributed by atoms with E-state index in [1.165, 1.54) is 6.26 Å². The molecule has 0 N–H and O–H groups in total. The number of hydrogen-bond donors (Lipinski definition) is 0. The largest absolute Gasteiger partial charge is 0.463 e. The third-order valence-corrected chi connectivity index (χ3v) is 6.32. The molecule has 0 bridgehead atoms. The summed E-state index contributed by atoms with van der Waals surface area (Å²) in [5.41, 5.74) is 0.454. The summed E-state index contributed by atoms with van der Waals surface area (Å²) in [4.78, 5) is 2.48. The fraction of sp³-hybridized carbons (Fsp3) is 0.500. The second kappa shape index (κ2) is 6.02. The van der Waals surface area contributed by atoms with Crippen molar-refractivity contribution in [1.82, 2.24) is 9.21 Å². The van der Waals surface area contributed by atoms with E-state index in [1.54, 1.807) is 22.5 Å². The Labute approximate surface area is 131 Å². The van der Waals surface area contributed by atoms with Gasteiger partial charge < -0.3 is 9.32 Å². The lowest BCUT2D eigenvalue weighted by molar-refractivity contribution is 0.270. The predicted molar refractivity (Wildman–Crippen MR) is 86.3 cm³/mol. The number of hydrogen-bond acceptors (Lipinski definition) is 4. The fourth-order valence-corrected chi connectivity index (χ4v) is 5.05. The first-order chi connectivity index (χ1) is 10.5. The number of para-hydroxylation sites is 1. The van der Waals surface area contributed by atoms with E-state index in [0.29, 0.717) is 12.1 Å². The van der Waals surface area contributed by atoms with Gasteiger partial charge in [0.25, 0.3) is 0 Å². The average Bonchev–Trinajstić information content (AvgIpc) is 2.89. The Morgan fingerprint density at radius 3 is 2.86 bits per heavy atom. The third kappa shape index (κ3) is 2.66. The lowest BCUT2D eigenvalue weighted by atomic mass is 10.2. The van der Waals surface area contributed by atoms with Crippen LogP contribution in [-0.2, 0) is 10.0 Å². The van der Waals surface area contributed by atoms with Gasteiger partial charge in [-0.05, 0) is 38.6 Å². The number of nitrogens with zero attached hydrogens (tertiary/aromatic N) is 2. The number of rotatable bonds is 3. The maximum Gasteiger partial charge on any atom is 0.247 e. The molecule has 3 rings (SSSR count). The van der Waals surface area contributed by atoms with Crippen molar-refractivity contribution in [3.63, 3.8) is 0 Å². The van der Waals surface area contributed by atoms with E-state index in [4.69, 9.17) is 4.42 Å². The van der Waals surface area contributed by atoms with Crippen LogP contribution in [0.1, 0.15) is 19.8 Å². The summed E-state index contributed by atoms with van der Waals surface area (Å²) < 4.78 is 33.4. The van der Waals surface area contributed by atoms with Gasteiger partial charge in [-0.15, -0.1) is 0 Å². The fourth-order valence-electron chi connectivity index (χ4n) is 3.17. The van der Waals surface area contributed by atoms with Gasteiger partial charge in [0.2, 0.25) is 10.0 Å². The van der Waals surface area contributed by atoms with Crippen molar-refractivity contribution in [2.45, 2.75) is 30.7 Å². The molecule has 0 amide bonds. The second-order valence-electron chi connectivity index (χ2n) is 5.89. The molecule has 1 saturated heterocycles. The van der Waals surface area contributed by atoms with Gasteiger partial charge in [0.15, 0.2) is 5.58 Å². The summed E-state index contributed by atoms with van der Waals surface area (Å²) in [6.45, 7) is 4.29. The van der Waals surface area contributed by atoms with E-state index >= 15 is 0 Å². The van der Waals surface area contributed by atoms with Crippen molar-refractivity contribution in [3.8, 4) is 0 Å². The first-order valence-electron chi connectivity index (χ1n) is 7.70. The molecule has 1 aromatic heterocycles. The van der Waals surface area contributed by atoms with Crippen molar-refractivity contribution in [3.05, 3.63) is 30.5 Å². The molecule has 0 saturated carbocycles. The quantitative estimate of drug-likeness (QED) is 0.871. The minimum atomic E-state index is -3.55. The van der Waals surface area contributed by atoms with Crippen LogP contribution < -0.4 is 0 Å². The molecule has 0 aliphatic carbocycles. The molecule has 1 aromatic carbocycles. The van der Waals surface area contributed by atoms with E-state index in [-0.39, 0.29) is 10.9 Å². The van der Waals surface area contributed by atoms with Gasteiger partial charge in [-0.25, -0.2) is 8.42 Å². The van der Waals surface area contributed by atoms with Crippen LogP contribution in [0.5, 0.6) is 0 Å². The van der Waals surface area contributed by atoms with Gasteiger partial charge >= 0.3 is 0 Å². The Kier molecular flexibility index (Phi) is 4.25. The van der Waals surface area contributed by atoms with E-state index in [1.807, 2.05) is 20.0 Å². The minimum Gasteiger partial charge on any atom is -0.463 e. The maximum absolute atomic E-state index is 13.2. The van der Waals surface area contributed by atoms with Gasteiger partial charge in [-0.3, -0.25) is 0 Å². The zero-order valence-electron chi connectivity index (χ0n) is 13.0. The van der Waals surface area contributed by atoms with Gasteiger partial charge in [-0.2, -0.15) is 4.31 Å². The Morgan fingerprint density at radius 2 is 2.09 bits per heavy atom. The van der Waals surface area contributed by atoms with Crippen LogP contribution >= 0.6 is 0 Å². The van der Waals surface area contributed by atoms with Gasteiger partial charge in [0.05, 0.1) is 6.26 Å². The third-order valence-electron chi connectivity index (χ3n) is 4.35. The highest BCUT2D eigenvalue weighted by molar-refractivity contribution is 7.89. The maximum atomic E-state index is 13.2. The molecular weight excluding hydrogens is 300 g/mol. The molecule has 0 spiro atoms. The molecule has 22 heavy (non-hydrogen) atoms. The van der Waals surface area contributed by atoms with Crippen LogP contribution in [0, 0.1) is 0 Å². The molecule has 6 heteroatoms. The van der Waals surface area contributed by atoms with Gasteiger partial charge in [-0.1, -0.05) is 19.1 Å². The van der Waals surface area contributed by atoms with Crippen LogP contribution in [0.15, 0.2) is 39.8 Å². The first kappa shape index (κ1) is 15.5. The summed E-state index contributed by atoms with van der Waals surface area (Å²) in [5, 5.41) is 0.820. The normalized spacial score (nSPS) is 22.0. The van der Waals surface area contributed by atoms with Gasteiger partial charge in [0.1, 0.15) is 4.90 Å². The molecule has 0 radical (unpaired) electrons. The highest BCUT2D eigenvalue weighted by Crippen LogP contribution is 2.29. The molecule has 1 aliphatic rings. The SMILES string of the molecule is CC[C@H]1CN(C)CCCN1S(=O)(=O)c1cccc2ccoc12. The number of benzene rings is 1. The van der Waals surface area contributed by atoms with E-state index in [9.17, 15) is 8.42 Å². The number of sulfonamides is 1. The lowest BCUT2D eigenvalue weighted by Gasteiger charge is -2.29. The van der Waals surface area contributed by atoms with E-state index in [0.717, 1.165) is 31.3 Å². The van der Waals surface area contributed by atoms with Crippen molar-refractivity contribution in [1.29, 1.82) is 0 Å². The molecule has 1 aliphatic heterocycles. The standard InChI is InChI=1S/C16H22N2O3S/c1-3-14-12-17(2)9-5-10-18(14)22(19,20)15-7-4-6-13-8-11-21-16(13)15/h4,6-8,11,14H,3,5,9-10,12H2,1-2H3/t14-/m0/s1. The summed E-state index contributed by atoms with van der Waals surface area (Å²) in [6, 6.07) is 7.08. The Bertz CT molecular complexity index is 754. The average molecular weight is 322 g/mol. The molecule has 120 valence electrons. The Hall–Kier alpha value is -1.37. The summed E-state index contributed by atoms with van der Waals surface area (Å²) in [6.07, 6.45) is 3.19. The Morgan fingerprint density at radius 1 is 1.27 bits per heavy atom. The molecule has 2 heterocycles. The molecule has 5 nitrogen and oxygen atoms in total. The van der Waals surface area contributed by atoms with E-state index in [2.05, 4.69) is 4.90 Å². The number of fused-ring (bicyclic) bond motifs is 1. The zero-order valence-corrected chi connectivity index (χ0v) is 13.8. The lowest BCUT2D eigenvalue weighted by Crippen LogP contribution is -2.43.